The Bertz CT molecular complexity index is 763. The van der Waals surface area contributed by atoms with Crippen LogP contribution in [0.15, 0.2) is 24.3 Å². The van der Waals surface area contributed by atoms with Crippen molar-refractivity contribution in [3.05, 3.63) is 29.8 Å². The van der Waals surface area contributed by atoms with Crippen molar-refractivity contribution < 1.29 is 9.90 Å². The summed E-state index contributed by atoms with van der Waals surface area (Å²) in [6.45, 7) is 6.60. The SMILES string of the molecule is CCn1nc(-c2ccc(C(=O)N3CCN(CCO)CC3)cc2)nc1N(C)C. The number of nitrogens with zero attached hydrogens (tertiary/aromatic N) is 6. The van der Waals surface area contributed by atoms with E-state index >= 15 is 0 Å². The van der Waals surface area contributed by atoms with Crippen LogP contribution in [-0.2, 0) is 6.54 Å². The molecule has 0 atom stereocenters. The fourth-order valence-electron chi connectivity index (χ4n) is 3.26. The first-order valence-electron chi connectivity index (χ1n) is 9.38. The summed E-state index contributed by atoms with van der Waals surface area (Å²) in [5.74, 6) is 1.52. The molecule has 3 rings (SSSR count). The summed E-state index contributed by atoms with van der Waals surface area (Å²) in [5.41, 5.74) is 1.58. The quantitative estimate of drug-likeness (QED) is 0.808. The monoisotopic (exact) mass is 372 g/mol. The number of benzene rings is 1. The van der Waals surface area contributed by atoms with E-state index in [2.05, 4.69) is 15.0 Å². The number of carbonyl (C=O) groups excluding carboxylic acids is 1. The zero-order chi connectivity index (χ0) is 19.4. The van der Waals surface area contributed by atoms with Crippen LogP contribution >= 0.6 is 0 Å². The van der Waals surface area contributed by atoms with Gasteiger partial charge in [0.05, 0.1) is 6.61 Å². The van der Waals surface area contributed by atoms with E-state index in [0.29, 0.717) is 31.0 Å². The highest BCUT2D eigenvalue weighted by Crippen LogP contribution is 2.20. The molecule has 0 bridgehead atoms. The van der Waals surface area contributed by atoms with Crippen molar-refractivity contribution in [2.75, 3.05) is 58.3 Å². The predicted octanol–water partition coefficient (Wildman–Crippen LogP) is 0.781. The topological polar surface area (TPSA) is 77.7 Å². The third-order valence-electron chi connectivity index (χ3n) is 4.82. The first-order chi connectivity index (χ1) is 13.0. The fourth-order valence-corrected chi connectivity index (χ4v) is 3.26. The molecule has 2 aromatic rings. The van der Waals surface area contributed by atoms with E-state index in [1.165, 1.54) is 0 Å². The third-order valence-corrected chi connectivity index (χ3v) is 4.82. The highest BCUT2D eigenvalue weighted by atomic mass is 16.3. The van der Waals surface area contributed by atoms with Gasteiger partial charge < -0.3 is 14.9 Å². The molecule has 8 heteroatoms. The van der Waals surface area contributed by atoms with Gasteiger partial charge in [-0.15, -0.1) is 5.10 Å². The van der Waals surface area contributed by atoms with Crippen molar-refractivity contribution in [3.8, 4) is 11.4 Å². The van der Waals surface area contributed by atoms with E-state index in [1.807, 2.05) is 59.8 Å². The van der Waals surface area contributed by atoms with Gasteiger partial charge in [-0.25, -0.2) is 4.68 Å². The van der Waals surface area contributed by atoms with E-state index in [0.717, 1.165) is 31.1 Å². The maximum atomic E-state index is 12.7. The minimum atomic E-state index is 0.0474. The Balaban J connectivity index is 1.69. The fraction of sp³-hybridized carbons (Fsp3) is 0.526. The lowest BCUT2D eigenvalue weighted by Crippen LogP contribution is -2.49. The Morgan fingerprint density at radius 1 is 1.15 bits per heavy atom. The average molecular weight is 372 g/mol. The van der Waals surface area contributed by atoms with Crippen LogP contribution in [0.2, 0.25) is 0 Å². The number of hydrogen-bond donors (Lipinski definition) is 1. The smallest absolute Gasteiger partial charge is 0.253 e. The van der Waals surface area contributed by atoms with Crippen molar-refractivity contribution in [2.24, 2.45) is 0 Å². The molecule has 27 heavy (non-hydrogen) atoms. The van der Waals surface area contributed by atoms with E-state index in [4.69, 9.17) is 5.11 Å². The Hall–Kier alpha value is -2.45. The second-order valence-electron chi connectivity index (χ2n) is 6.88. The summed E-state index contributed by atoms with van der Waals surface area (Å²) >= 11 is 0. The molecular weight excluding hydrogens is 344 g/mol. The zero-order valence-corrected chi connectivity index (χ0v) is 16.3. The molecule has 1 fully saturated rings. The number of aliphatic hydroxyl groups excluding tert-OH is 1. The standard InChI is InChI=1S/C19H28N6O2/c1-4-25-19(22(2)3)20-17(21-25)15-5-7-16(8-6-15)18(27)24-11-9-23(10-12-24)13-14-26/h5-8,26H,4,9-14H2,1-3H3. The van der Waals surface area contributed by atoms with Gasteiger partial charge in [0.25, 0.3) is 5.91 Å². The van der Waals surface area contributed by atoms with Crippen molar-refractivity contribution in [3.63, 3.8) is 0 Å². The van der Waals surface area contributed by atoms with E-state index in [-0.39, 0.29) is 12.5 Å². The molecule has 1 N–H and O–H groups in total. The van der Waals surface area contributed by atoms with Gasteiger partial charge in [0.1, 0.15) is 0 Å². The Labute approximate surface area is 160 Å². The maximum Gasteiger partial charge on any atom is 0.253 e. The van der Waals surface area contributed by atoms with Crippen LogP contribution in [0.4, 0.5) is 5.95 Å². The number of piperazine rings is 1. The van der Waals surface area contributed by atoms with Gasteiger partial charge in [0, 0.05) is 64.5 Å². The maximum absolute atomic E-state index is 12.7. The van der Waals surface area contributed by atoms with Crippen LogP contribution in [0.1, 0.15) is 17.3 Å². The number of amides is 1. The molecule has 1 aliphatic heterocycles. The highest BCUT2D eigenvalue weighted by Gasteiger charge is 2.22. The summed E-state index contributed by atoms with van der Waals surface area (Å²) in [4.78, 5) is 23.3. The van der Waals surface area contributed by atoms with Gasteiger partial charge in [0.15, 0.2) is 5.82 Å². The lowest BCUT2D eigenvalue weighted by molar-refractivity contribution is 0.0615. The molecule has 146 valence electrons. The number of aromatic nitrogens is 3. The number of hydrogen-bond acceptors (Lipinski definition) is 6. The highest BCUT2D eigenvalue weighted by molar-refractivity contribution is 5.94. The second kappa shape index (κ2) is 8.49. The lowest BCUT2D eigenvalue weighted by atomic mass is 10.1. The minimum Gasteiger partial charge on any atom is -0.395 e. The van der Waals surface area contributed by atoms with Crippen LogP contribution in [0, 0.1) is 0 Å². The molecular formula is C19H28N6O2. The summed E-state index contributed by atoms with van der Waals surface area (Å²) in [7, 11) is 3.89. The van der Waals surface area contributed by atoms with Crippen molar-refractivity contribution >= 4 is 11.9 Å². The molecule has 8 nitrogen and oxygen atoms in total. The van der Waals surface area contributed by atoms with Crippen molar-refractivity contribution in [1.29, 1.82) is 0 Å². The number of anilines is 1. The van der Waals surface area contributed by atoms with E-state index < -0.39 is 0 Å². The van der Waals surface area contributed by atoms with Gasteiger partial charge in [-0.05, 0) is 19.1 Å². The molecule has 1 aromatic carbocycles. The number of β-amino-alcohol motifs (C(OH)–C–C–N with tert-alkyl or cyclic N) is 1. The van der Waals surface area contributed by atoms with Crippen LogP contribution in [0.3, 0.4) is 0 Å². The number of rotatable bonds is 6. The van der Waals surface area contributed by atoms with Crippen LogP contribution in [0.5, 0.6) is 0 Å². The van der Waals surface area contributed by atoms with E-state index in [1.54, 1.807) is 0 Å². The normalized spacial score (nSPS) is 15.2. The summed E-state index contributed by atoms with van der Waals surface area (Å²) in [6, 6.07) is 7.51. The summed E-state index contributed by atoms with van der Waals surface area (Å²) in [5, 5.41) is 13.6. The average Bonchev–Trinajstić information content (AvgIpc) is 3.13. The molecule has 1 saturated heterocycles. The van der Waals surface area contributed by atoms with Crippen LogP contribution in [-0.4, -0.2) is 89.0 Å². The zero-order valence-electron chi connectivity index (χ0n) is 16.3. The molecule has 0 radical (unpaired) electrons. The molecule has 2 heterocycles. The third kappa shape index (κ3) is 4.28. The molecule has 0 aliphatic carbocycles. The summed E-state index contributed by atoms with van der Waals surface area (Å²) < 4.78 is 1.86. The molecule has 1 amide bonds. The first kappa shape index (κ1) is 19.3. The Morgan fingerprint density at radius 2 is 1.81 bits per heavy atom. The molecule has 0 spiro atoms. The number of carbonyl (C=O) groups is 1. The largest absolute Gasteiger partial charge is 0.395 e. The molecule has 0 saturated carbocycles. The molecule has 1 aromatic heterocycles. The van der Waals surface area contributed by atoms with Gasteiger partial charge in [0.2, 0.25) is 5.95 Å². The number of aliphatic hydroxyl groups is 1. The first-order valence-corrected chi connectivity index (χ1v) is 9.38. The lowest BCUT2D eigenvalue weighted by Gasteiger charge is -2.34. The molecule has 0 unspecified atom stereocenters. The van der Waals surface area contributed by atoms with Gasteiger partial charge >= 0.3 is 0 Å². The van der Waals surface area contributed by atoms with Crippen LogP contribution < -0.4 is 4.90 Å². The second-order valence-corrected chi connectivity index (χ2v) is 6.88. The number of aryl methyl sites for hydroxylation is 1. The van der Waals surface area contributed by atoms with Crippen LogP contribution in [0.25, 0.3) is 11.4 Å². The van der Waals surface area contributed by atoms with Gasteiger partial charge in [-0.3, -0.25) is 9.69 Å². The summed E-state index contributed by atoms with van der Waals surface area (Å²) in [6.07, 6.45) is 0. The van der Waals surface area contributed by atoms with Gasteiger partial charge in [-0.2, -0.15) is 4.98 Å². The van der Waals surface area contributed by atoms with Crippen molar-refractivity contribution in [2.45, 2.75) is 13.5 Å². The minimum absolute atomic E-state index is 0.0474. The predicted molar refractivity (Wildman–Crippen MR) is 105 cm³/mol. The molecule has 1 aliphatic rings. The Kier molecular flexibility index (Phi) is 6.08. The van der Waals surface area contributed by atoms with E-state index in [9.17, 15) is 4.79 Å². The van der Waals surface area contributed by atoms with Gasteiger partial charge in [-0.1, -0.05) is 12.1 Å². The Morgan fingerprint density at radius 3 is 2.33 bits per heavy atom. The van der Waals surface area contributed by atoms with Crippen molar-refractivity contribution in [1.82, 2.24) is 24.6 Å².